The molecule has 0 spiro atoms. The van der Waals surface area contributed by atoms with Crippen LogP contribution >= 0.6 is 0 Å². The van der Waals surface area contributed by atoms with Gasteiger partial charge in [0.05, 0.1) is 16.6 Å². The molecule has 0 saturated heterocycles. The van der Waals surface area contributed by atoms with Crippen LogP contribution in [0.2, 0.25) is 0 Å². The van der Waals surface area contributed by atoms with Crippen LogP contribution < -0.4 is 5.56 Å². The molecule has 11 heteroatoms. The van der Waals surface area contributed by atoms with Crippen LogP contribution in [0.5, 0.6) is 0 Å². The lowest BCUT2D eigenvalue weighted by Crippen LogP contribution is -2.53. The van der Waals surface area contributed by atoms with Crippen LogP contribution in [-0.2, 0) is 18.4 Å². The number of nitrogens with zero attached hydrogens (tertiary/aromatic N) is 2. The standard InChI is InChI=1S/C28H24F6N2O3/c29-27(30,31)26(39,28(32,33)34)20-10-12-21(13-11-20)36-24(17-18-6-2-1-3-7-18)35-23-14-9-19(8-4-5-15-37)16-22(23)25(36)38/h1-3,6-7,9-14,16,37,39H,4-5,8,15,17H2. The van der Waals surface area contributed by atoms with Gasteiger partial charge in [-0.2, -0.15) is 26.3 Å². The van der Waals surface area contributed by atoms with E-state index in [2.05, 4.69) is 4.98 Å². The number of aliphatic hydroxyl groups excluding tert-OH is 1. The zero-order valence-electron chi connectivity index (χ0n) is 20.4. The third-order valence-corrected chi connectivity index (χ3v) is 6.44. The Labute approximate surface area is 219 Å². The second-order valence-corrected chi connectivity index (χ2v) is 9.12. The van der Waals surface area contributed by atoms with Crippen molar-refractivity contribution in [3.8, 4) is 5.69 Å². The molecule has 0 unspecified atom stereocenters. The van der Waals surface area contributed by atoms with E-state index >= 15 is 0 Å². The highest BCUT2D eigenvalue weighted by Crippen LogP contribution is 2.50. The molecule has 5 nitrogen and oxygen atoms in total. The molecule has 1 heterocycles. The number of unbranched alkanes of at least 4 members (excludes halogenated alkanes) is 1. The van der Waals surface area contributed by atoms with Gasteiger partial charge in [0, 0.05) is 18.6 Å². The lowest BCUT2D eigenvalue weighted by atomic mass is 9.92. The SMILES string of the molecule is O=c1c2cc(CCCCO)ccc2nc(Cc2ccccc2)n1-c1ccc(C(O)(C(F)(F)F)C(F)(F)F)cc1. The number of fused-ring (bicyclic) bond motifs is 1. The number of benzene rings is 3. The van der Waals surface area contributed by atoms with E-state index in [4.69, 9.17) is 5.11 Å². The summed E-state index contributed by atoms with van der Waals surface area (Å²) in [5.41, 5.74) is -5.10. The van der Waals surface area contributed by atoms with Crippen LogP contribution in [0.15, 0.2) is 77.6 Å². The Balaban J connectivity index is 1.87. The number of aliphatic hydroxyl groups is 2. The van der Waals surface area contributed by atoms with Gasteiger partial charge in [-0.05, 0) is 54.7 Å². The Morgan fingerprint density at radius 3 is 2.03 bits per heavy atom. The molecule has 0 aliphatic carbocycles. The molecule has 0 saturated carbocycles. The maximum Gasteiger partial charge on any atom is 0.430 e. The van der Waals surface area contributed by atoms with Crippen molar-refractivity contribution in [2.24, 2.45) is 0 Å². The fourth-order valence-corrected chi connectivity index (χ4v) is 4.38. The van der Waals surface area contributed by atoms with E-state index in [0.717, 1.165) is 27.8 Å². The van der Waals surface area contributed by atoms with Crippen molar-refractivity contribution < 1.29 is 36.6 Å². The predicted molar refractivity (Wildman–Crippen MR) is 133 cm³/mol. The monoisotopic (exact) mass is 550 g/mol. The van der Waals surface area contributed by atoms with Crippen LogP contribution in [-0.4, -0.2) is 38.7 Å². The Bertz CT molecular complexity index is 1480. The predicted octanol–water partition coefficient (Wildman–Crippen LogP) is 5.60. The summed E-state index contributed by atoms with van der Waals surface area (Å²) in [4.78, 5) is 18.3. The lowest BCUT2D eigenvalue weighted by Gasteiger charge is -2.32. The van der Waals surface area contributed by atoms with Crippen molar-refractivity contribution in [1.29, 1.82) is 0 Å². The average Bonchev–Trinajstić information content (AvgIpc) is 2.88. The van der Waals surface area contributed by atoms with Crippen LogP contribution in [0.4, 0.5) is 26.3 Å². The molecule has 0 radical (unpaired) electrons. The van der Waals surface area contributed by atoms with Crippen molar-refractivity contribution in [3.63, 3.8) is 0 Å². The first kappa shape index (κ1) is 28.3. The average molecular weight is 550 g/mol. The van der Waals surface area contributed by atoms with Crippen molar-refractivity contribution in [2.75, 3.05) is 6.61 Å². The largest absolute Gasteiger partial charge is 0.430 e. The number of hydrogen-bond donors (Lipinski definition) is 2. The summed E-state index contributed by atoms with van der Waals surface area (Å²) in [7, 11) is 0. The first-order valence-electron chi connectivity index (χ1n) is 12.0. The molecule has 4 aromatic rings. The number of rotatable bonds is 8. The molecule has 1 aromatic heterocycles. The highest BCUT2D eigenvalue weighted by Gasteiger charge is 2.71. The number of halogens is 6. The van der Waals surface area contributed by atoms with Gasteiger partial charge in [-0.1, -0.05) is 48.5 Å². The molecule has 3 aromatic carbocycles. The third-order valence-electron chi connectivity index (χ3n) is 6.44. The van der Waals surface area contributed by atoms with Gasteiger partial charge >= 0.3 is 12.4 Å². The fraction of sp³-hybridized carbons (Fsp3) is 0.286. The van der Waals surface area contributed by atoms with Gasteiger partial charge in [0.25, 0.3) is 11.2 Å². The summed E-state index contributed by atoms with van der Waals surface area (Å²) in [5, 5.41) is 19.0. The van der Waals surface area contributed by atoms with Gasteiger partial charge in [-0.15, -0.1) is 0 Å². The van der Waals surface area contributed by atoms with E-state index in [1.54, 1.807) is 42.5 Å². The van der Waals surface area contributed by atoms with Crippen molar-refractivity contribution in [3.05, 3.63) is 106 Å². The van der Waals surface area contributed by atoms with E-state index in [1.165, 1.54) is 0 Å². The summed E-state index contributed by atoms with van der Waals surface area (Å²) < 4.78 is 81.3. The molecule has 39 heavy (non-hydrogen) atoms. The second-order valence-electron chi connectivity index (χ2n) is 9.12. The van der Waals surface area contributed by atoms with Gasteiger partial charge in [0.2, 0.25) is 0 Å². The summed E-state index contributed by atoms with van der Waals surface area (Å²) >= 11 is 0. The molecule has 206 valence electrons. The fourth-order valence-electron chi connectivity index (χ4n) is 4.38. The lowest BCUT2D eigenvalue weighted by molar-refractivity contribution is -0.376. The second kappa shape index (κ2) is 10.8. The smallest absolute Gasteiger partial charge is 0.396 e. The van der Waals surface area contributed by atoms with Crippen LogP contribution in [0.1, 0.15) is 35.4 Å². The third kappa shape index (κ3) is 5.55. The van der Waals surface area contributed by atoms with Gasteiger partial charge in [0.15, 0.2) is 0 Å². The molecule has 0 fully saturated rings. The Morgan fingerprint density at radius 2 is 1.44 bits per heavy atom. The minimum Gasteiger partial charge on any atom is -0.396 e. The molecule has 0 bridgehead atoms. The molecule has 0 aliphatic rings. The molecule has 0 amide bonds. The van der Waals surface area contributed by atoms with E-state index < -0.39 is 29.1 Å². The van der Waals surface area contributed by atoms with E-state index in [0.29, 0.717) is 36.9 Å². The van der Waals surface area contributed by atoms with Gasteiger partial charge in [-0.25, -0.2) is 4.98 Å². The van der Waals surface area contributed by atoms with E-state index in [1.807, 2.05) is 6.07 Å². The van der Waals surface area contributed by atoms with Crippen LogP contribution in [0.3, 0.4) is 0 Å². The summed E-state index contributed by atoms with van der Waals surface area (Å²) in [5.74, 6) is 0.224. The minimum atomic E-state index is -6.03. The Kier molecular flexibility index (Phi) is 7.85. The topological polar surface area (TPSA) is 75.3 Å². The number of hydrogen-bond acceptors (Lipinski definition) is 4. The highest BCUT2D eigenvalue weighted by molar-refractivity contribution is 5.79. The minimum absolute atomic E-state index is 0.0125. The normalized spacial score (nSPS) is 12.7. The number of aromatic nitrogens is 2. The van der Waals surface area contributed by atoms with Gasteiger partial charge < -0.3 is 10.2 Å². The first-order chi connectivity index (χ1) is 18.4. The molecule has 0 atom stereocenters. The van der Waals surface area contributed by atoms with Gasteiger partial charge in [-0.3, -0.25) is 9.36 Å². The van der Waals surface area contributed by atoms with Crippen LogP contribution in [0, 0.1) is 0 Å². The summed E-state index contributed by atoms with van der Waals surface area (Å²) in [6.07, 6.45) is -10.1. The first-order valence-corrected chi connectivity index (χ1v) is 12.0. The zero-order valence-corrected chi connectivity index (χ0v) is 20.4. The molecular formula is C28H24F6N2O3. The number of aryl methyl sites for hydroxylation is 1. The Hall–Kier alpha value is -3.70. The maximum atomic E-state index is 13.7. The molecule has 2 N–H and O–H groups in total. The molecule has 4 rings (SSSR count). The Morgan fingerprint density at radius 1 is 0.795 bits per heavy atom. The van der Waals surface area contributed by atoms with E-state index in [9.17, 15) is 36.2 Å². The molecule has 0 aliphatic heterocycles. The van der Waals surface area contributed by atoms with Crippen molar-refractivity contribution in [2.45, 2.75) is 43.6 Å². The quantitative estimate of drug-likeness (QED) is 0.221. The van der Waals surface area contributed by atoms with Crippen LogP contribution in [0.25, 0.3) is 16.6 Å². The molecular weight excluding hydrogens is 526 g/mol. The zero-order chi connectivity index (χ0) is 28.4. The highest BCUT2D eigenvalue weighted by atomic mass is 19.4. The van der Waals surface area contributed by atoms with Gasteiger partial charge in [0.1, 0.15) is 5.82 Å². The summed E-state index contributed by atoms with van der Waals surface area (Å²) in [6, 6.07) is 16.9. The maximum absolute atomic E-state index is 13.7. The van der Waals surface area contributed by atoms with Crippen molar-refractivity contribution in [1.82, 2.24) is 9.55 Å². The van der Waals surface area contributed by atoms with Crippen molar-refractivity contribution >= 4 is 10.9 Å². The van der Waals surface area contributed by atoms with E-state index in [-0.39, 0.29) is 29.9 Å². The summed E-state index contributed by atoms with van der Waals surface area (Å²) in [6.45, 7) is 0.0264. The number of alkyl halides is 6.